The van der Waals surface area contributed by atoms with Crippen molar-refractivity contribution in [3.05, 3.63) is 36.0 Å². The van der Waals surface area contributed by atoms with E-state index in [1.807, 2.05) is 7.05 Å². The third-order valence-corrected chi connectivity index (χ3v) is 3.00. The van der Waals surface area contributed by atoms with Crippen LogP contribution in [0, 0.1) is 0 Å². The van der Waals surface area contributed by atoms with Crippen molar-refractivity contribution in [3.63, 3.8) is 0 Å². The minimum absolute atomic E-state index is 0.565. The van der Waals surface area contributed by atoms with Gasteiger partial charge in [0.05, 0.1) is 10.6 Å². The molecule has 0 aliphatic carbocycles. The molecule has 1 rings (SSSR count). The highest BCUT2D eigenvalue weighted by atomic mass is 32.2. The van der Waals surface area contributed by atoms with Crippen molar-refractivity contribution in [2.24, 2.45) is 0 Å². The Bertz CT molecular complexity index is 373. The van der Waals surface area contributed by atoms with Gasteiger partial charge in [-0.1, -0.05) is 12.2 Å². The number of hydrogen-bond donors (Lipinski definition) is 1. The second kappa shape index (κ2) is 6.07. The molecule has 0 spiro atoms. The zero-order valence-corrected chi connectivity index (χ0v) is 10.2. The van der Waals surface area contributed by atoms with Crippen LogP contribution in [0.15, 0.2) is 35.5 Å². The van der Waals surface area contributed by atoms with Gasteiger partial charge >= 0.3 is 6.18 Å². The standard InChI is InChI=1S/C11H13F3N2S/c1-8(5-15-2)7-17-10-4-3-9(6-16-10)11(12,13)14/h3-4,6,15H,1,5,7H2,2H3. The SMILES string of the molecule is C=C(CNC)CSc1ccc(C(F)(F)F)cn1. The van der Waals surface area contributed by atoms with Crippen LogP contribution in [0.1, 0.15) is 5.56 Å². The van der Waals surface area contributed by atoms with E-state index in [9.17, 15) is 13.2 Å². The summed E-state index contributed by atoms with van der Waals surface area (Å²) in [4.78, 5) is 3.76. The van der Waals surface area contributed by atoms with E-state index in [0.29, 0.717) is 17.3 Å². The highest BCUT2D eigenvalue weighted by Crippen LogP contribution is 2.29. The summed E-state index contributed by atoms with van der Waals surface area (Å²) in [6, 6.07) is 2.41. The van der Waals surface area contributed by atoms with Crippen LogP contribution < -0.4 is 5.32 Å². The molecule has 94 valence electrons. The van der Waals surface area contributed by atoms with Crippen molar-refractivity contribution in [2.45, 2.75) is 11.2 Å². The molecule has 0 fully saturated rings. The Morgan fingerprint density at radius 1 is 1.47 bits per heavy atom. The third kappa shape index (κ3) is 4.79. The first-order valence-electron chi connectivity index (χ1n) is 4.91. The van der Waals surface area contributed by atoms with Gasteiger partial charge < -0.3 is 5.32 Å². The lowest BCUT2D eigenvalue weighted by Gasteiger charge is -2.07. The van der Waals surface area contributed by atoms with E-state index in [1.54, 1.807) is 0 Å². The minimum Gasteiger partial charge on any atom is -0.316 e. The average Bonchev–Trinajstić information content (AvgIpc) is 2.26. The van der Waals surface area contributed by atoms with E-state index < -0.39 is 11.7 Å². The quantitative estimate of drug-likeness (QED) is 0.652. The minimum atomic E-state index is -4.33. The average molecular weight is 262 g/mol. The number of hydrogen-bond acceptors (Lipinski definition) is 3. The predicted molar refractivity (Wildman–Crippen MR) is 63.0 cm³/mol. The van der Waals surface area contributed by atoms with E-state index in [-0.39, 0.29) is 0 Å². The van der Waals surface area contributed by atoms with Gasteiger partial charge in [0.25, 0.3) is 0 Å². The first-order valence-corrected chi connectivity index (χ1v) is 5.89. The summed E-state index contributed by atoms with van der Waals surface area (Å²) in [6.07, 6.45) is -3.48. The molecule has 0 amide bonds. The number of thioether (sulfide) groups is 1. The van der Waals surface area contributed by atoms with E-state index >= 15 is 0 Å². The second-order valence-electron chi connectivity index (χ2n) is 3.45. The third-order valence-electron chi connectivity index (χ3n) is 1.91. The van der Waals surface area contributed by atoms with Gasteiger partial charge in [-0.15, -0.1) is 11.8 Å². The Morgan fingerprint density at radius 2 is 2.18 bits per heavy atom. The Morgan fingerprint density at radius 3 is 2.65 bits per heavy atom. The number of alkyl halides is 3. The maximum atomic E-state index is 12.3. The zero-order valence-electron chi connectivity index (χ0n) is 9.34. The molecule has 0 saturated heterocycles. The van der Waals surface area contributed by atoms with Gasteiger partial charge in [-0.25, -0.2) is 4.98 Å². The molecule has 17 heavy (non-hydrogen) atoms. The van der Waals surface area contributed by atoms with E-state index in [2.05, 4.69) is 16.9 Å². The molecule has 0 bridgehead atoms. The fourth-order valence-electron chi connectivity index (χ4n) is 1.11. The summed E-state index contributed by atoms with van der Waals surface area (Å²) in [5, 5.41) is 3.52. The van der Waals surface area contributed by atoms with Gasteiger partial charge in [0, 0.05) is 18.5 Å². The van der Waals surface area contributed by atoms with Crippen LogP contribution in [0.5, 0.6) is 0 Å². The second-order valence-corrected chi connectivity index (χ2v) is 4.45. The fraction of sp³-hybridized carbons (Fsp3) is 0.364. The summed E-state index contributed by atoms with van der Waals surface area (Å²) in [5.41, 5.74) is 0.245. The number of nitrogens with one attached hydrogen (secondary N) is 1. The van der Waals surface area contributed by atoms with Crippen LogP contribution in [0.4, 0.5) is 13.2 Å². The summed E-state index contributed by atoms with van der Waals surface area (Å²) in [7, 11) is 1.81. The predicted octanol–water partition coefficient (Wildman–Crippen LogP) is 2.97. The normalized spacial score (nSPS) is 11.5. The van der Waals surface area contributed by atoms with Crippen LogP contribution >= 0.6 is 11.8 Å². The van der Waals surface area contributed by atoms with Gasteiger partial charge in [-0.2, -0.15) is 13.2 Å². The van der Waals surface area contributed by atoms with Crippen LogP contribution in [0.2, 0.25) is 0 Å². The van der Waals surface area contributed by atoms with Crippen LogP contribution in [0.3, 0.4) is 0 Å². The fourth-order valence-corrected chi connectivity index (χ4v) is 1.86. The summed E-state index contributed by atoms with van der Waals surface area (Å²) in [5.74, 6) is 0.638. The number of pyridine rings is 1. The molecule has 0 aliphatic rings. The molecule has 1 aromatic heterocycles. The maximum absolute atomic E-state index is 12.3. The molecule has 0 atom stereocenters. The van der Waals surface area contributed by atoms with Crippen molar-refractivity contribution in [2.75, 3.05) is 19.3 Å². The summed E-state index contributed by atoms with van der Waals surface area (Å²) < 4.78 is 36.8. The molecule has 0 aromatic carbocycles. The molecule has 0 saturated carbocycles. The highest BCUT2D eigenvalue weighted by molar-refractivity contribution is 7.99. The molecule has 0 unspecified atom stereocenters. The Labute approximate surface area is 102 Å². The van der Waals surface area contributed by atoms with Gasteiger partial charge in [0.15, 0.2) is 0 Å². The summed E-state index contributed by atoms with van der Waals surface area (Å²) in [6.45, 7) is 4.51. The number of likely N-dealkylation sites (N-methyl/N-ethyl adjacent to an activating group) is 1. The molecule has 0 aliphatic heterocycles. The number of aromatic nitrogens is 1. The molecule has 2 nitrogen and oxygen atoms in total. The monoisotopic (exact) mass is 262 g/mol. The molecule has 1 aromatic rings. The van der Waals surface area contributed by atoms with Crippen molar-refractivity contribution >= 4 is 11.8 Å². The van der Waals surface area contributed by atoms with E-state index in [4.69, 9.17) is 0 Å². The molecule has 1 heterocycles. The topological polar surface area (TPSA) is 24.9 Å². The number of halogens is 3. The maximum Gasteiger partial charge on any atom is 0.417 e. The summed E-state index contributed by atoms with van der Waals surface area (Å²) >= 11 is 1.37. The van der Waals surface area contributed by atoms with E-state index in [0.717, 1.165) is 17.8 Å². The first kappa shape index (κ1) is 14.1. The van der Waals surface area contributed by atoms with E-state index in [1.165, 1.54) is 17.8 Å². The first-order chi connectivity index (χ1) is 7.93. The lowest BCUT2D eigenvalue weighted by atomic mass is 10.3. The van der Waals surface area contributed by atoms with Crippen molar-refractivity contribution in [3.8, 4) is 0 Å². The molecular formula is C11H13F3N2S. The van der Waals surface area contributed by atoms with Crippen molar-refractivity contribution < 1.29 is 13.2 Å². The zero-order chi connectivity index (χ0) is 12.9. The van der Waals surface area contributed by atoms with Gasteiger partial charge in [-0.05, 0) is 19.2 Å². The largest absolute Gasteiger partial charge is 0.417 e. The number of nitrogens with zero attached hydrogens (tertiary/aromatic N) is 1. The van der Waals surface area contributed by atoms with Crippen molar-refractivity contribution in [1.29, 1.82) is 0 Å². The molecular weight excluding hydrogens is 249 g/mol. The number of rotatable bonds is 5. The van der Waals surface area contributed by atoms with Gasteiger partial charge in [0.1, 0.15) is 0 Å². The van der Waals surface area contributed by atoms with Crippen molar-refractivity contribution in [1.82, 2.24) is 10.3 Å². The molecule has 6 heteroatoms. The van der Waals surface area contributed by atoms with Crippen LogP contribution in [-0.2, 0) is 6.18 Å². The lowest BCUT2D eigenvalue weighted by Crippen LogP contribution is -2.11. The van der Waals surface area contributed by atoms with Crippen LogP contribution in [-0.4, -0.2) is 24.3 Å². The Hall–Kier alpha value is -1.01. The van der Waals surface area contributed by atoms with Crippen LogP contribution in [0.25, 0.3) is 0 Å². The molecule has 1 N–H and O–H groups in total. The molecule has 0 radical (unpaired) electrons. The Balaban J connectivity index is 2.54. The highest BCUT2D eigenvalue weighted by Gasteiger charge is 2.30. The smallest absolute Gasteiger partial charge is 0.316 e. The Kier molecular flexibility index (Phi) is 5.02. The van der Waals surface area contributed by atoms with Gasteiger partial charge in [0.2, 0.25) is 0 Å². The lowest BCUT2D eigenvalue weighted by molar-refractivity contribution is -0.137. The van der Waals surface area contributed by atoms with Gasteiger partial charge in [-0.3, -0.25) is 0 Å².